The summed E-state index contributed by atoms with van der Waals surface area (Å²) in [5.74, 6) is 1.22. The Morgan fingerprint density at radius 3 is 2.89 bits per heavy atom. The third-order valence-electron chi connectivity index (χ3n) is 2.67. The fourth-order valence-electron chi connectivity index (χ4n) is 1.69. The van der Waals surface area contributed by atoms with Crippen LogP contribution in [0, 0.1) is 0 Å². The van der Waals surface area contributed by atoms with Crippen LogP contribution in [0.3, 0.4) is 0 Å². The van der Waals surface area contributed by atoms with E-state index in [1.807, 2.05) is 6.92 Å². The Morgan fingerprint density at radius 2 is 2.22 bits per heavy atom. The van der Waals surface area contributed by atoms with Gasteiger partial charge in [0.15, 0.2) is 0 Å². The molecule has 0 aromatic carbocycles. The molecular weight excluding hydrogens is 256 g/mol. The maximum atomic E-state index is 9.01. The Balaban J connectivity index is 2.14. The predicted octanol–water partition coefficient (Wildman–Crippen LogP) is 0.759. The Bertz CT molecular complexity index is 399. The quantitative estimate of drug-likeness (QED) is 0.789. The average Bonchev–Trinajstić information content (AvgIpc) is 2.39. The van der Waals surface area contributed by atoms with Crippen LogP contribution in [0.4, 0.5) is 11.8 Å². The van der Waals surface area contributed by atoms with Crippen molar-refractivity contribution in [3.05, 3.63) is 11.2 Å². The Hall–Kier alpha value is -1.11. The zero-order chi connectivity index (χ0) is 13.0. The van der Waals surface area contributed by atoms with Gasteiger partial charge in [-0.25, -0.2) is 4.98 Å². The molecular formula is C11H17ClN4O2. The molecule has 0 bridgehead atoms. The van der Waals surface area contributed by atoms with E-state index in [4.69, 9.17) is 21.4 Å². The summed E-state index contributed by atoms with van der Waals surface area (Å²) in [6.45, 7) is 4.83. The molecule has 1 fully saturated rings. The average molecular weight is 273 g/mol. The molecule has 0 unspecified atom stereocenters. The molecule has 0 aliphatic carbocycles. The van der Waals surface area contributed by atoms with Gasteiger partial charge in [0.1, 0.15) is 11.0 Å². The van der Waals surface area contributed by atoms with Crippen LogP contribution in [0.2, 0.25) is 5.15 Å². The number of aliphatic hydroxyl groups is 1. The molecule has 7 heteroatoms. The molecule has 0 saturated carbocycles. The number of rotatable bonds is 4. The second kappa shape index (κ2) is 6.17. The van der Waals surface area contributed by atoms with Crippen molar-refractivity contribution in [3.63, 3.8) is 0 Å². The molecule has 1 aromatic rings. The van der Waals surface area contributed by atoms with Gasteiger partial charge < -0.3 is 20.1 Å². The van der Waals surface area contributed by atoms with Crippen molar-refractivity contribution in [1.82, 2.24) is 9.97 Å². The molecule has 0 spiro atoms. The normalized spacial score (nSPS) is 17.6. The molecule has 6 nitrogen and oxygen atoms in total. The van der Waals surface area contributed by atoms with Gasteiger partial charge in [-0.3, -0.25) is 0 Å². The van der Waals surface area contributed by atoms with Gasteiger partial charge in [-0.15, -0.1) is 0 Å². The molecule has 18 heavy (non-hydrogen) atoms. The van der Waals surface area contributed by atoms with Gasteiger partial charge in [-0.2, -0.15) is 4.98 Å². The highest BCUT2D eigenvalue weighted by Gasteiger charge is 2.15. The third kappa shape index (κ3) is 3.44. The van der Waals surface area contributed by atoms with Crippen LogP contribution >= 0.6 is 11.6 Å². The van der Waals surface area contributed by atoms with E-state index in [2.05, 4.69) is 20.2 Å². The largest absolute Gasteiger partial charge is 0.394 e. The van der Waals surface area contributed by atoms with Gasteiger partial charge in [0, 0.05) is 25.2 Å². The zero-order valence-corrected chi connectivity index (χ0v) is 11.0. The van der Waals surface area contributed by atoms with E-state index in [1.54, 1.807) is 6.07 Å². The number of nitrogens with one attached hydrogen (secondary N) is 1. The van der Waals surface area contributed by atoms with Crippen molar-refractivity contribution in [3.8, 4) is 0 Å². The summed E-state index contributed by atoms with van der Waals surface area (Å²) in [5.41, 5.74) is 0. The number of aliphatic hydroxyl groups excluding tert-OH is 1. The summed E-state index contributed by atoms with van der Waals surface area (Å²) in [4.78, 5) is 10.6. The van der Waals surface area contributed by atoms with Gasteiger partial charge in [0.05, 0.1) is 19.8 Å². The predicted molar refractivity (Wildman–Crippen MR) is 70.2 cm³/mol. The molecule has 1 atom stereocenters. The van der Waals surface area contributed by atoms with Gasteiger partial charge in [-0.1, -0.05) is 11.6 Å². The first-order valence-electron chi connectivity index (χ1n) is 5.93. The van der Waals surface area contributed by atoms with Crippen LogP contribution in [-0.4, -0.2) is 54.0 Å². The van der Waals surface area contributed by atoms with Crippen molar-refractivity contribution < 1.29 is 9.84 Å². The summed E-state index contributed by atoms with van der Waals surface area (Å²) in [6.07, 6.45) is 0. The molecule has 0 amide bonds. The van der Waals surface area contributed by atoms with Crippen molar-refractivity contribution in [1.29, 1.82) is 0 Å². The number of hydrogen-bond acceptors (Lipinski definition) is 6. The summed E-state index contributed by atoms with van der Waals surface area (Å²) in [7, 11) is 0. The molecule has 1 aliphatic heterocycles. The highest BCUT2D eigenvalue weighted by atomic mass is 35.5. The van der Waals surface area contributed by atoms with Crippen LogP contribution in [0.25, 0.3) is 0 Å². The maximum absolute atomic E-state index is 9.01. The Labute approximate surface area is 111 Å². The summed E-state index contributed by atoms with van der Waals surface area (Å²) in [6, 6.07) is 1.63. The molecule has 1 saturated heterocycles. The van der Waals surface area contributed by atoms with E-state index in [9.17, 15) is 0 Å². The Kier molecular flexibility index (Phi) is 4.57. The van der Waals surface area contributed by atoms with Crippen LogP contribution in [0.1, 0.15) is 6.92 Å². The van der Waals surface area contributed by atoms with Crippen LogP contribution in [-0.2, 0) is 4.74 Å². The number of aromatic nitrogens is 2. The second-order valence-electron chi connectivity index (χ2n) is 4.20. The number of ether oxygens (including phenoxy) is 1. The molecule has 2 heterocycles. The molecule has 1 aliphatic rings. The van der Waals surface area contributed by atoms with Crippen molar-refractivity contribution in [2.75, 3.05) is 43.1 Å². The summed E-state index contributed by atoms with van der Waals surface area (Å²) in [5, 5.41) is 12.4. The Morgan fingerprint density at radius 1 is 1.50 bits per heavy atom. The molecule has 2 N–H and O–H groups in total. The molecule has 2 rings (SSSR count). The van der Waals surface area contributed by atoms with E-state index in [0.717, 1.165) is 18.9 Å². The minimum atomic E-state index is -0.110. The van der Waals surface area contributed by atoms with Crippen LogP contribution in [0.15, 0.2) is 6.07 Å². The molecule has 100 valence electrons. The van der Waals surface area contributed by atoms with E-state index < -0.39 is 0 Å². The SMILES string of the molecule is C[C@@H](CO)Nc1nc(Cl)cc(N2CCOCC2)n1. The van der Waals surface area contributed by atoms with Crippen molar-refractivity contribution >= 4 is 23.4 Å². The van der Waals surface area contributed by atoms with Gasteiger partial charge in [0.2, 0.25) is 5.95 Å². The van der Waals surface area contributed by atoms with Gasteiger partial charge >= 0.3 is 0 Å². The number of nitrogens with zero attached hydrogens (tertiary/aromatic N) is 3. The van der Waals surface area contributed by atoms with Crippen molar-refractivity contribution in [2.24, 2.45) is 0 Å². The highest BCUT2D eigenvalue weighted by molar-refractivity contribution is 6.29. The summed E-state index contributed by atoms with van der Waals surface area (Å²) >= 11 is 5.98. The zero-order valence-electron chi connectivity index (χ0n) is 10.3. The third-order valence-corrected chi connectivity index (χ3v) is 2.86. The number of hydrogen-bond donors (Lipinski definition) is 2. The fourth-order valence-corrected chi connectivity index (χ4v) is 1.87. The van der Waals surface area contributed by atoms with Gasteiger partial charge in [0.25, 0.3) is 0 Å². The first-order valence-corrected chi connectivity index (χ1v) is 6.31. The lowest BCUT2D eigenvalue weighted by Gasteiger charge is -2.28. The van der Waals surface area contributed by atoms with E-state index in [-0.39, 0.29) is 12.6 Å². The maximum Gasteiger partial charge on any atom is 0.226 e. The number of morpholine rings is 1. The van der Waals surface area contributed by atoms with E-state index in [0.29, 0.717) is 24.3 Å². The monoisotopic (exact) mass is 272 g/mol. The van der Waals surface area contributed by atoms with E-state index in [1.165, 1.54) is 0 Å². The molecule has 1 aromatic heterocycles. The minimum Gasteiger partial charge on any atom is -0.394 e. The summed E-state index contributed by atoms with van der Waals surface area (Å²) < 4.78 is 5.30. The lowest BCUT2D eigenvalue weighted by molar-refractivity contribution is 0.122. The number of anilines is 2. The van der Waals surface area contributed by atoms with Crippen molar-refractivity contribution in [2.45, 2.75) is 13.0 Å². The minimum absolute atomic E-state index is 0.0166. The lowest BCUT2D eigenvalue weighted by atomic mass is 10.4. The smallest absolute Gasteiger partial charge is 0.226 e. The van der Waals surface area contributed by atoms with Gasteiger partial charge in [-0.05, 0) is 6.92 Å². The topological polar surface area (TPSA) is 70.5 Å². The first kappa shape index (κ1) is 13.3. The second-order valence-corrected chi connectivity index (χ2v) is 4.59. The lowest BCUT2D eigenvalue weighted by Crippen LogP contribution is -2.37. The fraction of sp³-hybridized carbons (Fsp3) is 0.636. The standard InChI is InChI=1S/C11H17ClN4O2/c1-8(7-17)13-11-14-9(12)6-10(15-11)16-2-4-18-5-3-16/h6,8,17H,2-5,7H2,1H3,(H,13,14,15)/t8-/m0/s1. The highest BCUT2D eigenvalue weighted by Crippen LogP contribution is 2.19. The van der Waals surface area contributed by atoms with Crippen LogP contribution < -0.4 is 10.2 Å². The number of halogens is 1. The van der Waals surface area contributed by atoms with E-state index >= 15 is 0 Å². The molecule has 0 radical (unpaired) electrons. The first-order chi connectivity index (χ1) is 8.69. The van der Waals surface area contributed by atoms with Crippen LogP contribution in [0.5, 0.6) is 0 Å².